The lowest BCUT2D eigenvalue weighted by molar-refractivity contribution is -0.973. The Morgan fingerprint density at radius 3 is 1.02 bits per heavy atom. The van der Waals surface area contributed by atoms with E-state index in [0.717, 1.165) is 38.8 Å². The number of hydrogen-bond acceptors (Lipinski definition) is 5. The van der Waals surface area contributed by atoms with Gasteiger partial charge in [-0.1, -0.05) is 168 Å². The Labute approximate surface area is 372 Å². The molecule has 0 aliphatic rings. The fraction of sp³-hybridized carbons (Fsp3) is 0.882. The van der Waals surface area contributed by atoms with Crippen LogP contribution in [0, 0.1) is 0 Å². The summed E-state index contributed by atoms with van der Waals surface area (Å²) in [4.78, 5) is 22.2. The summed E-state index contributed by atoms with van der Waals surface area (Å²) < 4.78 is 0.840. The van der Waals surface area contributed by atoms with Crippen molar-refractivity contribution in [2.45, 2.75) is 233 Å². The molecule has 0 saturated carbocycles. The zero-order valence-electron chi connectivity index (χ0n) is 41.0. The Kier molecular flexibility index (Phi) is 44.1. The van der Waals surface area contributed by atoms with Gasteiger partial charge in [0.05, 0.1) is 27.7 Å². The van der Waals surface area contributed by atoms with Crippen LogP contribution in [-0.4, -0.2) is 109 Å². The minimum atomic E-state index is -0.788. The third-order valence-electron chi connectivity index (χ3n) is 11.7. The number of carboxylic acid groups (broad SMARTS) is 2. The van der Waals surface area contributed by atoms with Gasteiger partial charge in [-0.25, -0.2) is 9.59 Å². The van der Waals surface area contributed by atoms with E-state index in [1.165, 1.54) is 167 Å². The van der Waals surface area contributed by atoms with E-state index in [0.29, 0.717) is 15.5 Å². The van der Waals surface area contributed by atoms with Crippen molar-refractivity contribution in [3.05, 3.63) is 24.3 Å². The van der Waals surface area contributed by atoms with Gasteiger partial charge in [-0.3, -0.25) is 15.1 Å². The maximum Gasteiger partial charge on any atom is 0.359 e. The highest BCUT2D eigenvalue weighted by atomic mass is 16.4. The standard InChI is InChI=1S/C46H91N3O3.C5H11NO2/c1-5-9-11-13-15-17-19-21-23-25-27-29-31-33-35-37-39-47-44(7-3)49(41-42-50,43-46(51)52)45(8-4)48-40-38-36-34-32-30-28-26-24-22-20-18-16-14-12-10-6-2;1-6(2,3)4-5(7)8/h21-24,44-45,47-48,50H,5-20,25-43H2,1-4H3;4H2,1-3H3/p+2/b23-21-,24-22-;. The predicted molar refractivity (Wildman–Crippen MR) is 258 cm³/mol. The van der Waals surface area contributed by atoms with Crippen LogP contribution >= 0.6 is 0 Å². The molecule has 0 heterocycles. The number of carboxylic acids is 2. The second kappa shape index (κ2) is 43.9. The number of aliphatic hydroxyl groups excluding tert-OH is 1. The number of nitrogens with zero attached hydrogens (tertiary/aromatic N) is 2. The number of allylic oxidation sites excluding steroid dienone is 4. The van der Waals surface area contributed by atoms with Crippen molar-refractivity contribution in [1.82, 2.24) is 10.6 Å². The van der Waals surface area contributed by atoms with E-state index in [-0.39, 0.29) is 32.0 Å². The zero-order chi connectivity index (χ0) is 45.0. The molecule has 0 saturated heterocycles. The monoisotopic (exact) mass is 853 g/mol. The molecule has 9 nitrogen and oxygen atoms in total. The van der Waals surface area contributed by atoms with Crippen LogP contribution in [0.15, 0.2) is 24.3 Å². The fourth-order valence-corrected chi connectivity index (χ4v) is 8.33. The van der Waals surface area contributed by atoms with Crippen molar-refractivity contribution in [3.8, 4) is 0 Å². The Bertz CT molecular complexity index is 947. The van der Waals surface area contributed by atoms with Crippen molar-refractivity contribution in [1.29, 1.82) is 0 Å². The molecule has 2 atom stereocenters. The maximum atomic E-state index is 12.2. The summed E-state index contributed by atoms with van der Waals surface area (Å²) in [7, 11) is 5.52. The van der Waals surface area contributed by atoms with E-state index >= 15 is 0 Å². The normalized spacial score (nSPS) is 14.0. The number of rotatable bonds is 44. The number of unbranched alkanes of at least 4 members (excludes halogenated alkanes) is 24. The molecule has 2 unspecified atom stereocenters. The van der Waals surface area contributed by atoms with Crippen LogP contribution in [0.25, 0.3) is 0 Å². The minimum absolute atomic E-state index is 0.00340. The first-order chi connectivity index (χ1) is 28.9. The molecule has 0 aromatic heterocycles. The molecule has 0 amide bonds. The summed E-state index contributed by atoms with van der Waals surface area (Å²) in [6.45, 7) is 11.3. The van der Waals surface area contributed by atoms with E-state index in [1.54, 1.807) is 0 Å². The first kappa shape index (κ1) is 60.3. The lowest BCUT2D eigenvalue weighted by Crippen LogP contribution is -2.71. The summed E-state index contributed by atoms with van der Waals surface area (Å²) >= 11 is 0. The van der Waals surface area contributed by atoms with Gasteiger partial charge in [-0.15, -0.1) is 0 Å². The van der Waals surface area contributed by atoms with Crippen LogP contribution in [0.3, 0.4) is 0 Å². The van der Waals surface area contributed by atoms with Crippen LogP contribution in [0.5, 0.6) is 0 Å². The molecule has 0 aromatic rings. The summed E-state index contributed by atoms with van der Waals surface area (Å²) in [5, 5.41) is 36.0. The first-order valence-electron chi connectivity index (χ1n) is 25.4. The van der Waals surface area contributed by atoms with Gasteiger partial charge in [-0.05, 0) is 64.2 Å². The molecule has 0 aromatic carbocycles. The average molecular weight is 853 g/mol. The smallest absolute Gasteiger partial charge is 0.359 e. The van der Waals surface area contributed by atoms with Gasteiger partial charge in [0.25, 0.3) is 0 Å². The second-order valence-electron chi connectivity index (χ2n) is 18.6. The molecule has 356 valence electrons. The van der Waals surface area contributed by atoms with Crippen LogP contribution < -0.4 is 10.6 Å². The average Bonchev–Trinajstić information content (AvgIpc) is 3.19. The van der Waals surface area contributed by atoms with Crippen molar-refractivity contribution in [2.75, 3.05) is 60.5 Å². The van der Waals surface area contributed by atoms with E-state index in [2.05, 4.69) is 62.6 Å². The van der Waals surface area contributed by atoms with Crippen LogP contribution in [0.4, 0.5) is 0 Å². The Balaban J connectivity index is 0. The molecular formula is C51H104N4O5+2. The van der Waals surface area contributed by atoms with Gasteiger partial charge in [0.15, 0.2) is 13.1 Å². The Morgan fingerprint density at radius 2 is 0.767 bits per heavy atom. The van der Waals surface area contributed by atoms with E-state index in [4.69, 9.17) is 5.11 Å². The molecule has 60 heavy (non-hydrogen) atoms. The largest absolute Gasteiger partial charge is 0.477 e. The SMILES string of the molecule is CCCCCCCC/C=C\CCCCCCCCNC(CC)[N+](CCO)(CC(=O)O)C(CC)NCCCCCCCC/C=C\CCCCCCCC.C[N+](C)(C)CC(=O)O. The third kappa shape index (κ3) is 39.1. The van der Waals surface area contributed by atoms with Crippen molar-refractivity contribution in [2.24, 2.45) is 0 Å². The second-order valence-corrected chi connectivity index (χ2v) is 18.6. The van der Waals surface area contributed by atoms with Gasteiger partial charge in [0.2, 0.25) is 0 Å². The van der Waals surface area contributed by atoms with E-state index < -0.39 is 11.9 Å². The highest BCUT2D eigenvalue weighted by Gasteiger charge is 2.43. The van der Waals surface area contributed by atoms with Crippen molar-refractivity contribution < 1.29 is 33.9 Å². The van der Waals surface area contributed by atoms with Gasteiger partial charge < -0.3 is 19.8 Å². The molecule has 9 heteroatoms. The third-order valence-corrected chi connectivity index (χ3v) is 11.7. The Hall–Kier alpha value is -1.78. The fourth-order valence-electron chi connectivity index (χ4n) is 8.33. The number of aliphatic carboxylic acids is 2. The summed E-state index contributed by atoms with van der Waals surface area (Å²) in [5.74, 6) is -1.54. The van der Waals surface area contributed by atoms with Crippen LogP contribution in [0.2, 0.25) is 0 Å². The minimum Gasteiger partial charge on any atom is -0.477 e. The highest BCUT2D eigenvalue weighted by Crippen LogP contribution is 2.22. The number of nitrogens with one attached hydrogen (secondary N) is 2. The molecule has 5 N–H and O–H groups in total. The van der Waals surface area contributed by atoms with E-state index in [9.17, 15) is 19.8 Å². The van der Waals surface area contributed by atoms with Crippen molar-refractivity contribution >= 4 is 11.9 Å². The number of likely N-dealkylation sites (N-methyl/N-ethyl adjacent to an activating group) is 1. The summed E-state index contributed by atoms with van der Waals surface area (Å²) in [6, 6.07) is 0. The Morgan fingerprint density at radius 1 is 0.467 bits per heavy atom. The molecule has 0 radical (unpaired) electrons. The van der Waals surface area contributed by atoms with Gasteiger partial charge in [0, 0.05) is 25.9 Å². The lowest BCUT2D eigenvalue weighted by atomic mass is 10.1. The lowest BCUT2D eigenvalue weighted by Gasteiger charge is -2.49. The zero-order valence-corrected chi connectivity index (χ0v) is 41.0. The molecule has 0 aliphatic heterocycles. The number of quaternary nitrogens is 2. The van der Waals surface area contributed by atoms with Crippen molar-refractivity contribution in [3.63, 3.8) is 0 Å². The summed E-state index contributed by atoms with van der Waals surface area (Å²) in [6.07, 6.45) is 47.6. The van der Waals surface area contributed by atoms with Crippen LogP contribution in [0.1, 0.15) is 220 Å². The van der Waals surface area contributed by atoms with Gasteiger partial charge >= 0.3 is 11.9 Å². The molecule has 0 rings (SSSR count). The predicted octanol–water partition coefficient (Wildman–Crippen LogP) is 12.4. The van der Waals surface area contributed by atoms with Crippen LogP contribution in [-0.2, 0) is 9.59 Å². The topological polar surface area (TPSA) is 119 Å². The van der Waals surface area contributed by atoms with Gasteiger partial charge in [0.1, 0.15) is 18.9 Å². The van der Waals surface area contributed by atoms with Gasteiger partial charge in [-0.2, -0.15) is 0 Å². The number of carbonyl (C=O) groups is 2. The summed E-state index contributed by atoms with van der Waals surface area (Å²) in [5.41, 5.74) is 0. The molecular weight excluding hydrogens is 749 g/mol. The first-order valence-corrected chi connectivity index (χ1v) is 25.4. The highest BCUT2D eigenvalue weighted by molar-refractivity contribution is 5.68. The molecule has 0 fully saturated rings. The maximum absolute atomic E-state index is 12.2. The molecule has 0 aliphatic carbocycles. The van der Waals surface area contributed by atoms with E-state index in [1.807, 2.05) is 21.1 Å². The quantitative estimate of drug-likeness (QED) is 0.0179. The molecule has 0 bridgehead atoms. The number of aliphatic hydroxyl groups is 1. The molecule has 0 spiro atoms. The number of hydrogen-bond donors (Lipinski definition) is 5.